The molecule has 1 aromatic rings. The van der Waals surface area contributed by atoms with E-state index in [1.807, 2.05) is 39.8 Å². The number of nitrogens with zero attached hydrogens (tertiary/aromatic N) is 1. The fourth-order valence-electron chi connectivity index (χ4n) is 0.652. The molecule has 0 aliphatic carbocycles. The number of hydrogen-bond acceptors (Lipinski definition) is 2. The highest BCUT2D eigenvalue weighted by Crippen LogP contribution is 2.05. The standard InChI is InChI=1S/C8H11NO.2C2H6/c1-2-6-10-8-4-3-5-9-7-8;2*1-2/h3-5,7H,2,6H2,1H3;2*1-2H3. The first kappa shape index (κ1) is 15.4. The lowest BCUT2D eigenvalue weighted by Gasteiger charge is -2.01. The maximum absolute atomic E-state index is 5.29. The third-order valence-corrected chi connectivity index (χ3v) is 1.11. The minimum atomic E-state index is 0.770. The first-order chi connectivity index (χ1) is 6.93. The van der Waals surface area contributed by atoms with Gasteiger partial charge >= 0.3 is 0 Å². The number of pyridine rings is 1. The van der Waals surface area contributed by atoms with E-state index >= 15 is 0 Å². The monoisotopic (exact) mass is 197 g/mol. The molecule has 0 amide bonds. The van der Waals surface area contributed by atoms with Crippen molar-refractivity contribution in [2.24, 2.45) is 0 Å². The van der Waals surface area contributed by atoms with Crippen LogP contribution in [-0.4, -0.2) is 11.6 Å². The fourth-order valence-corrected chi connectivity index (χ4v) is 0.652. The van der Waals surface area contributed by atoms with Crippen LogP contribution in [0.2, 0.25) is 0 Å². The van der Waals surface area contributed by atoms with Crippen LogP contribution in [0.1, 0.15) is 41.0 Å². The number of hydrogen-bond donors (Lipinski definition) is 0. The molecule has 2 nitrogen and oxygen atoms in total. The van der Waals surface area contributed by atoms with Crippen molar-refractivity contribution in [2.75, 3.05) is 6.61 Å². The van der Waals surface area contributed by atoms with Gasteiger partial charge in [-0.1, -0.05) is 34.6 Å². The molecule has 1 aromatic heterocycles. The number of ether oxygens (including phenoxy) is 1. The molecule has 0 saturated heterocycles. The van der Waals surface area contributed by atoms with Crippen LogP contribution in [0.5, 0.6) is 5.75 Å². The first-order valence-electron chi connectivity index (χ1n) is 5.46. The van der Waals surface area contributed by atoms with E-state index in [9.17, 15) is 0 Å². The van der Waals surface area contributed by atoms with E-state index in [1.54, 1.807) is 12.4 Å². The topological polar surface area (TPSA) is 22.1 Å². The molecule has 0 aromatic carbocycles. The third kappa shape index (κ3) is 9.04. The van der Waals surface area contributed by atoms with Gasteiger partial charge in [-0.25, -0.2) is 0 Å². The average molecular weight is 197 g/mol. The Bertz CT molecular complexity index is 175. The van der Waals surface area contributed by atoms with Crippen LogP contribution in [0.4, 0.5) is 0 Å². The molecule has 1 rings (SSSR count). The molecule has 0 spiro atoms. The van der Waals surface area contributed by atoms with Gasteiger partial charge in [0.1, 0.15) is 5.75 Å². The van der Waals surface area contributed by atoms with Gasteiger partial charge in [-0.3, -0.25) is 4.98 Å². The molecule has 0 atom stereocenters. The van der Waals surface area contributed by atoms with Crippen molar-refractivity contribution in [2.45, 2.75) is 41.0 Å². The molecule has 14 heavy (non-hydrogen) atoms. The summed E-state index contributed by atoms with van der Waals surface area (Å²) in [6, 6.07) is 3.77. The van der Waals surface area contributed by atoms with Crippen molar-refractivity contribution in [3.05, 3.63) is 24.5 Å². The Morgan fingerprint density at radius 2 is 1.86 bits per heavy atom. The fraction of sp³-hybridized carbons (Fsp3) is 0.583. The summed E-state index contributed by atoms with van der Waals surface area (Å²) in [5, 5.41) is 0. The highest BCUT2D eigenvalue weighted by molar-refractivity contribution is 5.15. The van der Waals surface area contributed by atoms with E-state index in [-0.39, 0.29) is 0 Å². The molecule has 0 aliphatic heterocycles. The van der Waals surface area contributed by atoms with Crippen molar-refractivity contribution in [1.82, 2.24) is 4.98 Å². The van der Waals surface area contributed by atoms with Gasteiger partial charge in [-0.05, 0) is 18.6 Å². The highest BCUT2D eigenvalue weighted by atomic mass is 16.5. The lowest BCUT2D eigenvalue weighted by Crippen LogP contribution is -1.94. The van der Waals surface area contributed by atoms with Gasteiger partial charge in [-0.15, -0.1) is 0 Å². The van der Waals surface area contributed by atoms with E-state index in [1.165, 1.54) is 0 Å². The Balaban J connectivity index is 0. The summed E-state index contributed by atoms with van der Waals surface area (Å²) >= 11 is 0. The maximum Gasteiger partial charge on any atom is 0.137 e. The minimum absolute atomic E-state index is 0.770. The lowest BCUT2D eigenvalue weighted by molar-refractivity contribution is 0.316. The second kappa shape index (κ2) is 14.5. The Hall–Kier alpha value is -1.05. The van der Waals surface area contributed by atoms with Crippen LogP contribution in [-0.2, 0) is 0 Å². The molecule has 0 N–H and O–H groups in total. The third-order valence-electron chi connectivity index (χ3n) is 1.11. The smallest absolute Gasteiger partial charge is 0.137 e. The maximum atomic E-state index is 5.29. The summed E-state index contributed by atoms with van der Waals surface area (Å²) in [6.45, 7) is 10.8. The second-order valence-corrected chi connectivity index (χ2v) is 2.04. The molecular weight excluding hydrogens is 174 g/mol. The van der Waals surface area contributed by atoms with Gasteiger partial charge in [0.05, 0.1) is 12.8 Å². The minimum Gasteiger partial charge on any atom is -0.492 e. The van der Waals surface area contributed by atoms with Gasteiger partial charge < -0.3 is 4.74 Å². The molecular formula is C12H23NO. The van der Waals surface area contributed by atoms with Crippen LogP contribution in [0.25, 0.3) is 0 Å². The summed E-state index contributed by atoms with van der Waals surface area (Å²) in [4.78, 5) is 3.91. The quantitative estimate of drug-likeness (QED) is 0.732. The summed E-state index contributed by atoms with van der Waals surface area (Å²) in [6.07, 6.45) is 4.49. The van der Waals surface area contributed by atoms with E-state index in [2.05, 4.69) is 11.9 Å². The van der Waals surface area contributed by atoms with Crippen molar-refractivity contribution in [3.8, 4) is 5.75 Å². The summed E-state index contributed by atoms with van der Waals surface area (Å²) < 4.78 is 5.29. The van der Waals surface area contributed by atoms with Crippen molar-refractivity contribution in [1.29, 1.82) is 0 Å². The van der Waals surface area contributed by atoms with Crippen LogP contribution in [0, 0.1) is 0 Å². The van der Waals surface area contributed by atoms with E-state index in [0.29, 0.717) is 0 Å². The Morgan fingerprint density at radius 3 is 2.29 bits per heavy atom. The summed E-state index contributed by atoms with van der Waals surface area (Å²) in [5.41, 5.74) is 0. The van der Waals surface area contributed by atoms with E-state index < -0.39 is 0 Å². The van der Waals surface area contributed by atoms with Crippen molar-refractivity contribution >= 4 is 0 Å². The average Bonchev–Trinajstić information content (AvgIpc) is 2.33. The zero-order chi connectivity index (χ0) is 11.2. The Labute approximate surface area is 88.3 Å². The van der Waals surface area contributed by atoms with Gasteiger partial charge in [0.15, 0.2) is 0 Å². The normalized spacial score (nSPS) is 7.50. The SMILES string of the molecule is CC.CC.CCCOc1cccnc1. The van der Waals surface area contributed by atoms with Crippen LogP contribution in [0.3, 0.4) is 0 Å². The molecule has 0 radical (unpaired) electrons. The van der Waals surface area contributed by atoms with Crippen molar-refractivity contribution < 1.29 is 4.74 Å². The predicted octanol–water partition coefficient (Wildman–Crippen LogP) is 3.92. The first-order valence-corrected chi connectivity index (χ1v) is 5.46. The van der Waals surface area contributed by atoms with Gasteiger partial charge in [-0.2, -0.15) is 0 Å². The molecule has 0 bridgehead atoms. The largest absolute Gasteiger partial charge is 0.492 e. The molecule has 0 saturated carbocycles. The van der Waals surface area contributed by atoms with Gasteiger partial charge in [0.2, 0.25) is 0 Å². The Morgan fingerprint density at radius 1 is 1.21 bits per heavy atom. The van der Waals surface area contributed by atoms with Gasteiger partial charge in [0, 0.05) is 6.20 Å². The Kier molecular flexibility index (Phi) is 15.9. The highest BCUT2D eigenvalue weighted by Gasteiger charge is 1.87. The molecule has 2 heteroatoms. The van der Waals surface area contributed by atoms with Gasteiger partial charge in [0.25, 0.3) is 0 Å². The second-order valence-electron chi connectivity index (χ2n) is 2.04. The number of rotatable bonds is 3. The van der Waals surface area contributed by atoms with Crippen LogP contribution in [0.15, 0.2) is 24.5 Å². The predicted molar refractivity (Wildman–Crippen MR) is 62.7 cm³/mol. The lowest BCUT2D eigenvalue weighted by atomic mass is 10.4. The summed E-state index contributed by atoms with van der Waals surface area (Å²) in [7, 11) is 0. The van der Waals surface area contributed by atoms with Crippen LogP contribution < -0.4 is 4.74 Å². The molecule has 0 aliphatic rings. The molecule has 1 heterocycles. The van der Waals surface area contributed by atoms with E-state index in [0.717, 1.165) is 18.8 Å². The molecule has 0 unspecified atom stereocenters. The summed E-state index contributed by atoms with van der Waals surface area (Å²) in [5.74, 6) is 0.851. The van der Waals surface area contributed by atoms with Crippen molar-refractivity contribution in [3.63, 3.8) is 0 Å². The molecule has 82 valence electrons. The molecule has 0 fully saturated rings. The zero-order valence-corrected chi connectivity index (χ0v) is 10.1. The van der Waals surface area contributed by atoms with Crippen LogP contribution >= 0.6 is 0 Å². The number of aromatic nitrogens is 1. The van der Waals surface area contributed by atoms with E-state index in [4.69, 9.17) is 4.74 Å². The zero-order valence-electron chi connectivity index (χ0n) is 10.1.